The number of aromatic nitrogens is 3. The van der Waals surface area contributed by atoms with Gasteiger partial charge in [-0.15, -0.1) is 0 Å². The Kier molecular flexibility index (Phi) is 6.52. The molecule has 0 N–H and O–H groups in total. The molecule has 0 spiro atoms. The molecular formula is C49H29N3O. The first-order valence-electron chi connectivity index (χ1n) is 17.8. The van der Waals surface area contributed by atoms with Crippen molar-refractivity contribution in [3.63, 3.8) is 0 Å². The van der Waals surface area contributed by atoms with Crippen molar-refractivity contribution in [1.29, 1.82) is 0 Å². The van der Waals surface area contributed by atoms with Gasteiger partial charge in [0.05, 0.1) is 0 Å². The number of hydrogen-bond donors (Lipinski definition) is 0. The minimum absolute atomic E-state index is 0.625. The molecule has 0 aliphatic heterocycles. The Hall–Kier alpha value is -7.17. The Morgan fingerprint density at radius 3 is 1.47 bits per heavy atom. The molecule has 4 nitrogen and oxygen atoms in total. The molecule has 0 unspecified atom stereocenters. The summed E-state index contributed by atoms with van der Waals surface area (Å²) in [6.45, 7) is 0. The van der Waals surface area contributed by atoms with Crippen molar-refractivity contribution >= 4 is 65.0 Å². The van der Waals surface area contributed by atoms with Crippen LogP contribution in [0.25, 0.3) is 110 Å². The van der Waals surface area contributed by atoms with Crippen LogP contribution in [0, 0.1) is 0 Å². The van der Waals surface area contributed by atoms with Crippen molar-refractivity contribution in [2.24, 2.45) is 0 Å². The van der Waals surface area contributed by atoms with Crippen LogP contribution in [0.15, 0.2) is 180 Å². The molecule has 0 fully saturated rings. The smallest absolute Gasteiger partial charge is 0.164 e. The van der Waals surface area contributed by atoms with Crippen LogP contribution in [-0.4, -0.2) is 15.0 Å². The average molecular weight is 676 g/mol. The van der Waals surface area contributed by atoms with E-state index in [0.717, 1.165) is 60.5 Å². The number of nitrogens with zero attached hydrogens (tertiary/aromatic N) is 3. The minimum atomic E-state index is 0.625. The Bertz CT molecular complexity index is 3150. The standard InChI is InChI=1S/C49H29N3O/c1-3-11-34-26-39(20-16-30(34)8-1)48-50-47(51-49(52-48)40-21-17-31-9-2-4-12-35(31)27-40)38-14-7-13-36(28-38)37-23-24-43-42(29-37)46-44(53-43)25-22-33-19-18-32-10-5-6-15-41(32)45(33)46/h1-29H. The van der Waals surface area contributed by atoms with Crippen LogP contribution >= 0.6 is 0 Å². The molecule has 9 aromatic carbocycles. The zero-order valence-electron chi connectivity index (χ0n) is 28.5. The quantitative estimate of drug-likeness (QED) is 0.174. The van der Waals surface area contributed by atoms with Gasteiger partial charge in [0.25, 0.3) is 0 Å². The van der Waals surface area contributed by atoms with Crippen LogP contribution < -0.4 is 0 Å². The van der Waals surface area contributed by atoms with Gasteiger partial charge in [0.2, 0.25) is 0 Å². The highest BCUT2D eigenvalue weighted by Gasteiger charge is 2.16. The SMILES string of the molecule is c1cc(-c2ccc3oc4ccc5ccc6ccccc6c5c4c3c2)cc(-c2nc(-c3ccc4ccccc4c3)nc(-c3ccc4ccccc4c3)n2)c1. The summed E-state index contributed by atoms with van der Waals surface area (Å²) in [6, 6.07) is 61.7. The van der Waals surface area contributed by atoms with Crippen LogP contribution in [0.1, 0.15) is 0 Å². The van der Waals surface area contributed by atoms with Crippen molar-refractivity contribution in [2.75, 3.05) is 0 Å². The Balaban J connectivity index is 1.08. The molecule has 0 aliphatic rings. The van der Waals surface area contributed by atoms with Gasteiger partial charge in [-0.25, -0.2) is 15.0 Å². The minimum Gasteiger partial charge on any atom is -0.456 e. The molecule has 0 radical (unpaired) electrons. The maximum absolute atomic E-state index is 6.43. The monoisotopic (exact) mass is 675 g/mol. The van der Waals surface area contributed by atoms with Gasteiger partial charge in [-0.2, -0.15) is 0 Å². The van der Waals surface area contributed by atoms with Crippen molar-refractivity contribution in [3.05, 3.63) is 176 Å². The molecule has 0 saturated carbocycles. The molecule has 11 rings (SSSR count). The Labute approximate surface area is 304 Å². The van der Waals surface area contributed by atoms with E-state index in [2.05, 4.69) is 176 Å². The Morgan fingerprint density at radius 1 is 0.283 bits per heavy atom. The van der Waals surface area contributed by atoms with Gasteiger partial charge >= 0.3 is 0 Å². The van der Waals surface area contributed by atoms with Gasteiger partial charge in [-0.3, -0.25) is 0 Å². The number of rotatable bonds is 4. The summed E-state index contributed by atoms with van der Waals surface area (Å²) >= 11 is 0. The summed E-state index contributed by atoms with van der Waals surface area (Å²) in [5, 5.41) is 11.7. The zero-order chi connectivity index (χ0) is 34.9. The first kappa shape index (κ1) is 29.5. The van der Waals surface area contributed by atoms with Gasteiger partial charge in [0.15, 0.2) is 17.5 Å². The highest BCUT2D eigenvalue weighted by atomic mass is 16.3. The number of hydrogen-bond acceptors (Lipinski definition) is 4. The second-order valence-corrected chi connectivity index (χ2v) is 13.6. The predicted octanol–water partition coefficient (Wildman–Crippen LogP) is 13.1. The molecule has 11 aromatic rings. The summed E-state index contributed by atoms with van der Waals surface area (Å²) in [5.41, 5.74) is 6.74. The molecule has 0 amide bonds. The fraction of sp³-hybridized carbons (Fsp3) is 0. The van der Waals surface area contributed by atoms with Gasteiger partial charge in [-0.1, -0.05) is 140 Å². The van der Waals surface area contributed by atoms with Crippen molar-refractivity contribution in [3.8, 4) is 45.3 Å². The van der Waals surface area contributed by atoms with Gasteiger partial charge < -0.3 is 4.42 Å². The third kappa shape index (κ3) is 4.95. The normalized spacial score (nSPS) is 11.8. The van der Waals surface area contributed by atoms with Crippen molar-refractivity contribution < 1.29 is 4.42 Å². The lowest BCUT2D eigenvalue weighted by Gasteiger charge is -2.11. The predicted molar refractivity (Wildman–Crippen MR) is 219 cm³/mol. The van der Waals surface area contributed by atoms with Crippen LogP contribution in [-0.2, 0) is 0 Å². The maximum atomic E-state index is 6.43. The van der Waals surface area contributed by atoms with Crippen LogP contribution in [0.4, 0.5) is 0 Å². The number of furan rings is 1. The molecule has 2 aromatic heterocycles. The van der Waals surface area contributed by atoms with Crippen LogP contribution in [0.2, 0.25) is 0 Å². The largest absolute Gasteiger partial charge is 0.456 e. The van der Waals surface area contributed by atoms with Crippen molar-refractivity contribution in [2.45, 2.75) is 0 Å². The lowest BCUT2D eigenvalue weighted by atomic mass is 9.96. The van der Waals surface area contributed by atoms with Gasteiger partial charge in [0, 0.05) is 32.8 Å². The zero-order valence-corrected chi connectivity index (χ0v) is 28.5. The number of fused-ring (bicyclic) bond motifs is 9. The molecule has 4 heteroatoms. The topological polar surface area (TPSA) is 51.8 Å². The van der Waals surface area contributed by atoms with E-state index < -0.39 is 0 Å². The molecule has 2 heterocycles. The summed E-state index contributed by atoms with van der Waals surface area (Å²) in [4.78, 5) is 15.3. The maximum Gasteiger partial charge on any atom is 0.164 e. The van der Waals surface area contributed by atoms with E-state index in [-0.39, 0.29) is 0 Å². The lowest BCUT2D eigenvalue weighted by Crippen LogP contribution is -2.00. The Morgan fingerprint density at radius 2 is 0.774 bits per heavy atom. The van der Waals surface area contributed by atoms with E-state index in [4.69, 9.17) is 19.4 Å². The van der Waals surface area contributed by atoms with E-state index in [0.29, 0.717) is 17.5 Å². The fourth-order valence-corrected chi connectivity index (χ4v) is 7.80. The summed E-state index contributed by atoms with van der Waals surface area (Å²) in [5.74, 6) is 1.90. The second kappa shape index (κ2) is 11.7. The van der Waals surface area contributed by atoms with Gasteiger partial charge in [-0.05, 0) is 85.2 Å². The molecule has 0 bridgehead atoms. The molecule has 53 heavy (non-hydrogen) atoms. The fourth-order valence-electron chi connectivity index (χ4n) is 7.80. The van der Waals surface area contributed by atoms with E-state index in [1.165, 1.54) is 32.3 Å². The molecular weight excluding hydrogens is 647 g/mol. The molecule has 0 atom stereocenters. The van der Waals surface area contributed by atoms with E-state index in [1.807, 2.05) is 0 Å². The van der Waals surface area contributed by atoms with Gasteiger partial charge in [0.1, 0.15) is 11.2 Å². The first-order chi connectivity index (χ1) is 26.2. The summed E-state index contributed by atoms with van der Waals surface area (Å²) < 4.78 is 6.43. The first-order valence-corrected chi connectivity index (χ1v) is 17.8. The highest BCUT2D eigenvalue weighted by Crippen LogP contribution is 2.40. The number of benzene rings is 9. The highest BCUT2D eigenvalue weighted by molar-refractivity contribution is 6.26. The van der Waals surface area contributed by atoms with Crippen LogP contribution in [0.3, 0.4) is 0 Å². The summed E-state index contributed by atoms with van der Waals surface area (Å²) in [7, 11) is 0. The lowest BCUT2D eigenvalue weighted by molar-refractivity contribution is 0.669. The molecule has 0 saturated heterocycles. The van der Waals surface area contributed by atoms with Crippen LogP contribution in [0.5, 0.6) is 0 Å². The van der Waals surface area contributed by atoms with E-state index >= 15 is 0 Å². The van der Waals surface area contributed by atoms with E-state index in [1.54, 1.807) is 0 Å². The summed E-state index contributed by atoms with van der Waals surface area (Å²) in [6.07, 6.45) is 0. The second-order valence-electron chi connectivity index (χ2n) is 13.6. The average Bonchev–Trinajstić information content (AvgIpc) is 3.61. The third-order valence-electron chi connectivity index (χ3n) is 10.4. The third-order valence-corrected chi connectivity index (χ3v) is 10.4. The molecule has 246 valence electrons. The van der Waals surface area contributed by atoms with E-state index in [9.17, 15) is 0 Å². The molecule has 0 aliphatic carbocycles. The van der Waals surface area contributed by atoms with Crippen molar-refractivity contribution in [1.82, 2.24) is 15.0 Å².